The molecule has 1 aromatic rings. The highest BCUT2D eigenvalue weighted by Crippen LogP contribution is 2.46. The molecule has 1 aliphatic heterocycles. The molecule has 1 aromatic carbocycles. The lowest BCUT2D eigenvalue weighted by Gasteiger charge is -2.43. The second kappa shape index (κ2) is 6.17. The molecule has 2 fully saturated rings. The number of halogens is 2. The van der Waals surface area contributed by atoms with Crippen molar-refractivity contribution in [3.63, 3.8) is 0 Å². The lowest BCUT2D eigenvalue weighted by molar-refractivity contribution is -0.0296. The average Bonchev–Trinajstić information content (AvgIpc) is 2.91. The standard InChI is InChI=1S/C17H21ClFNO2/c1-22-15-4-2-7-17(15)8-3-9-20(11-17)16(21)13-10-12(18)5-6-14(13)19/h5-6,10,15H,2-4,7-9,11H2,1H3/t15-,17-/m1/s1. The van der Waals surface area contributed by atoms with Gasteiger partial charge in [0.2, 0.25) is 0 Å². The van der Waals surface area contributed by atoms with Crippen molar-refractivity contribution >= 4 is 17.5 Å². The van der Waals surface area contributed by atoms with Crippen molar-refractivity contribution in [3.8, 4) is 0 Å². The number of benzene rings is 1. The number of hydrogen-bond donors (Lipinski definition) is 0. The summed E-state index contributed by atoms with van der Waals surface area (Å²) in [7, 11) is 1.75. The quantitative estimate of drug-likeness (QED) is 0.825. The number of rotatable bonds is 2. The van der Waals surface area contributed by atoms with Gasteiger partial charge in [0, 0.05) is 30.6 Å². The molecular formula is C17H21ClFNO2. The van der Waals surface area contributed by atoms with Crippen molar-refractivity contribution in [2.24, 2.45) is 5.41 Å². The van der Waals surface area contributed by atoms with Crippen LogP contribution in [0.1, 0.15) is 42.5 Å². The molecule has 3 nitrogen and oxygen atoms in total. The summed E-state index contributed by atoms with van der Waals surface area (Å²) in [5.74, 6) is -0.774. The van der Waals surface area contributed by atoms with Crippen LogP contribution in [-0.4, -0.2) is 37.1 Å². The van der Waals surface area contributed by atoms with Gasteiger partial charge in [-0.2, -0.15) is 0 Å². The first kappa shape index (κ1) is 15.8. The predicted octanol–water partition coefficient (Wildman–Crippen LogP) is 3.90. The summed E-state index contributed by atoms with van der Waals surface area (Å²) in [6.07, 6.45) is 5.47. The van der Waals surface area contributed by atoms with Gasteiger partial charge in [0.15, 0.2) is 0 Å². The Bertz CT molecular complexity index is 580. The van der Waals surface area contributed by atoms with Gasteiger partial charge in [-0.15, -0.1) is 0 Å². The van der Waals surface area contributed by atoms with Gasteiger partial charge in [0.25, 0.3) is 5.91 Å². The second-order valence-corrected chi connectivity index (χ2v) is 6.87. The highest BCUT2D eigenvalue weighted by Gasteiger charge is 2.46. The van der Waals surface area contributed by atoms with Crippen molar-refractivity contribution in [1.82, 2.24) is 4.90 Å². The first-order valence-electron chi connectivity index (χ1n) is 7.83. The summed E-state index contributed by atoms with van der Waals surface area (Å²) in [6.45, 7) is 1.32. The van der Waals surface area contributed by atoms with Crippen LogP contribution in [0.4, 0.5) is 4.39 Å². The van der Waals surface area contributed by atoms with Gasteiger partial charge in [0.05, 0.1) is 11.7 Å². The fraction of sp³-hybridized carbons (Fsp3) is 0.588. The Hall–Kier alpha value is -1.13. The van der Waals surface area contributed by atoms with Gasteiger partial charge in [-0.05, 0) is 43.9 Å². The molecule has 120 valence electrons. The van der Waals surface area contributed by atoms with E-state index in [1.807, 2.05) is 0 Å². The molecule has 2 atom stereocenters. The number of methoxy groups -OCH3 is 1. The maximum atomic E-state index is 14.0. The summed E-state index contributed by atoms with van der Waals surface area (Å²) < 4.78 is 19.6. The van der Waals surface area contributed by atoms with Crippen LogP contribution < -0.4 is 0 Å². The van der Waals surface area contributed by atoms with Crippen molar-refractivity contribution in [2.45, 2.75) is 38.2 Å². The summed E-state index contributed by atoms with van der Waals surface area (Å²) in [6, 6.07) is 4.13. The number of carbonyl (C=O) groups excluding carboxylic acids is 1. The Morgan fingerprint density at radius 1 is 1.41 bits per heavy atom. The fourth-order valence-corrected chi connectivity index (χ4v) is 4.28. The molecule has 1 spiro atoms. The topological polar surface area (TPSA) is 29.5 Å². The molecule has 22 heavy (non-hydrogen) atoms. The van der Waals surface area contributed by atoms with Crippen LogP contribution >= 0.6 is 11.6 Å². The van der Waals surface area contributed by atoms with E-state index in [0.29, 0.717) is 18.1 Å². The second-order valence-electron chi connectivity index (χ2n) is 6.43. The number of carbonyl (C=O) groups is 1. The molecule has 5 heteroatoms. The third-order valence-corrected chi connectivity index (χ3v) is 5.40. The van der Waals surface area contributed by atoms with Crippen molar-refractivity contribution in [1.29, 1.82) is 0 Å². The maximum Gasteiger partial charge on any atom is 0.256 e. The van der Waals surface area contributed by atoms with Crippen molar-refractivity contribution in [3.05, 3.63) is 34.6 Å². The van der Waals surface area contributed by atoms with Crippen LogP contribution in [-0.2, 0) is 4.74 Å². The van der Waals surface area contributed by atoms with E-state index in [9.17, 15) is 9.18 Å². The number of likely N-dealkylation sites (tertiary alicyclic amines) is 1. The van der Waals surface area contributed by atoms with Crippen LogP contribution in [0.5, 0.6) is 0 Å². The van der Waals surface area contributed by atoms with Gasteiger partial charge >= 0.3 is 0 Å². The number of piperidine rings is 1. The first-order valence-corrected chi connectivity index (χ1v) is 8.21. The molecule has 0 radical (unpaired) electrons. The lowest BCUT2D eigenvalue weighted by Crippen LogP contribution is -2.50. The van der Waals surface area contributed by atoms with Crippen LogP contribution in [0.15, 0.2) is 18.2 Å². The van der Waals surface area contributed by atoms with Gasteiger partial charge < -0.3 is 9.64 Å². The van der Waals surface area contributed by atoms with Gasteiger partial charge in [-0.3, -0.25) is 4.79 Å². The normalized spacial score (nSPS) is 28.3. The molecule has 0 aromatic heterocycles. The molecule has 1 heterocycles. The molecule has 1 aliphatic carbocycles. The Morgan fingerprint density at radius 2 is 2.18 bits per heavy atom. The zero-order chi connectivity index (χ0) is 15.7. The fourth-order valence-electron chi connectivity index (χ4n) is 4.11. The highest BCUT2D eigenvalue weighted by molar-refractivity contribution is 6.31. The summed E-state index contributed by atoms with van der Waals surface area (Å²) in [5.41, 5.74) is 0.106. The number of hydrogen-bond acceptors (Lipinski definition) is 2. The van der Waals surface area contributed by atoms with E-state index in [1.54, 1.807) is 12.0 Å². The van der Waals surface area contributed by atoms with E-state index < -0.39 is 5.82 Å². The summed E-state index contributed by atoms with van der Waals surface area (Å²) in [4.78, 5) is 14.5. The molecular weight excluding hydrogens is 305 g/mol. The van der Waals surface area contributed by atoms with E-state index in [4.69, 9.17) is 16.3 Å². The average molecular weight is 326 g/mol. The molecule has 0 N–H and O–H groups in total. The molecule has 2 aliphatic rings. The SMILES string of the molecule is CO[C@@H]1CCC[C@]12CCCN(C(=O)c1cc(Cl)ccc1F)C2. The Kier molecular flexibility index (Phi) is 4.42. The van der Waals surface area contributed by atoms with Crippen LogP contribution in [0.2, 0.25) is 5.02 Å². The minimum atomic E-state index is -0.510. The maximum absolute atomic E-state index is 14.0. The monoisotopic (exact) mass is 325 g/mol. The van der Waals surface area contributed by atoms with Gasteiger partial charge in [-0.1, -0.05) is 18.0 Å². The van der Waals surface area contributed by atoms with E-state index in [1.165, 1.54) is 18.2 Å². The number of ether oxygens (including phenoxy) is 1. The van der Waals surface area contributed by atoms with Crippen LogP contribution in [0.3, 0.4) is 0 Å². The minimum Gasteiger partial charge on any atom is -0.381 e. The largest absolute Gasteiger partial charge is 0.381 e. The molecule has 1 saturated heterocycles. The molecule has 3 rings (SSSR count). The number of amides is 1. The van der Waals surface area contributed by atoms with Crippen molar-refractivity contribution in [2.75, 3.05) is 20.2 Å². The van der Waals surface area contributed by atoms with E-state index in [0.717, 1.165) is 32.1 Å². The third kappa shape index (κ3) is 2.74. The smallest absolute Gasteiger partial charge is 0.256 e. The van der Waals surface area contributed by atoms with Gasteiger partial charge in [0.1, 0.15) is 5.82 Å². The summed E-state index contributed by atoms with van der Waals surface area (Å²) >= 11 is 5.91. The minimum absolute atomic E-state index is 0.0394. The lowest BCUT2D eigenvalue weighted by atomic mass is 9.76. The van der Waals surface area contributed by atoms with Crippen molar-refractivity contribution < 1.29 is 13.9 Å². The van der Waals surface area contributed by atoms with E-state index >= 15 is 0 Å². The number of nitrogens with zero attached hydrogens (tertiary/aromatic N) is 1. The Balaban J connectivity index is 1.83. The Morgan fingerprint density at radius 3 is 2.95 bits per heavy atom. The zero-order valence-corrected chi connectivity index (χ0v) is 13.5. The highest BCUT2D eigenvalue weighted by atomic mass is 35.5. The van der Waals surface area contributed by atoms with Crippen LogP contribution in [0.25, 0.3) is 0 Å². The summed E-state index contributed by atoms with van der Waals surface area (Å²) in [5, 5.41) is 0.382. The van der Waals surface area contributed by atoms with E-state index in [2.05, 4.69) is 0 Å². The molecule has 0 unspecified atom stereocenters. The molecule has 1 amide bonds. The predicted molar refractivity (Wildman–Crippen MR) is 83.6 cm³/mol. The Labute approximate surface area is 135 Å². The zero-order valence-electron chi connectivity index (χ0n) is 12.8. The third-order valence-electron chi connectivity index (χ3n) is 5.16. The van der Waals surface area contributed by atoms with Crippen LogP contribution in [0, 0.1) is 11.2 Å². The van der Waals surface area contributed by atoms with Gasteiger partial charge in [-0.25, -0.2) is 4.39 Å². The van der Waals surface area contributed by atoms with E-state index in [-0.39, 0.29) is 23.0 Å². The molecule has 1 saturated carbocycles. The molecule has 0 bridgehead atoms. The first-order chi connectivity index (χ1) is 10.6.